The number of amides is 1. The number of rotatable bonds is 4. The van der Waals surface area contributed by atoms with Crippen molar-refractivity contribution < 1.29 is 14.3 Å². The van der Waals surface area contributed by atoms with E-state index in [0.717, 1.165) is 46.7 Å². The highest BCUT2D eigenvalue weighted by molar-refractivity contribution is 6.16. The van der Waals surface area contributed by atoms with E-state index in [1.165, 1.54) is 5.56 Å². The summed E-state index contributed by atoms with van der Waals surface area (Å²) >= 11 is 0. The Kier molecular flexibility index (Phi) is 7.72. The summed E-state index contributed by atoms with van der Waals surface area (Å²) in [5.41, 5.74) is 6.08. The van der Waals surface area contributed by atoms with E-state index in [9.17, 15) is 4.79 Å². The number of pyridine rings is 1. The van der Waals surface area contributed by atoms with Crippen LogP contribution < -0.4 is 14.8 Å². The number of halogens is 2. The lowest BCUT2D eigenvalue weighted by atomic mass is 9.81. The van der Waals surface area contributed by atoms with Gasteiger partial charge in [-0.25, -0.2) is 0 Å². The molecule has 0 fully saturated rings. The molecule has 2 aliphatic rings. The number of nitrogens with one attached hydrogen (secondary N) is 1. The van der Waals surface area contributed by atoms with Crippen LogP contribution >= 0.6 is 24.8 Å². The van der Waals surface area contributed by atoms with Crippen LogP contribution in [-0.2, 0) is 12.8 Å². The topological polar surface area (TPSA) is 72.8 Å². The summed E-state index contributed by atoms with van der Waals surface area (Å²) in [5.74, 6) is 1.41. The molecule has 0 aliphatic carbocycles. The van der Waals surface area contributed by atoms with E-state index >= 15 is 0 Å². The number of benzene rings is 2. The molecular formula is C28H31Cl2N3O3. The van der Waals surface area contributed by atoms with Gasteiger partial charge in [0.05, 0.1) is 30.2 Å². The molecule has 2 aromatic carbocycles. The molecule has 0 saturated heterocycles. The number of nitrogens with zero attached hydrogens (tertiary/aromatic N) is 2. The first kappa shape index (κ1) is 27.5. The third-order valence-corrected chi connectivity index (χ3v) is 6.24. The highest BCUT2D eigenvalue weighted by Crippen LogP contribution is 2.47. The van der Waals surface area contributed by atoms with E-state index in [0.29, 0.717) is 11.3 Å². The second-order valence-electron chi connectivity index (χ2n) is 10.2. The van der Waals surface area contributed by atoms with Crippen LogP contribution in [0.4, 0.5) is 5.69 Å². The van der Waals surface area contributed by atoms with Gasteiger partial charge in [-0.2, -0.15) is 0 Å². The predicted octanol–water partition coefficient (Wildman–Crippen LogP) is 6.07. The Morgan fingerprint density at radius 2 is 1.78 bits per heavy atom. The second kappa shape index (κ2) is 10.1. The lowest BCUT2D eigenvalue weighted by molar-refractivity contribution is 0.102. The minimum Gasteiger partial charge on any atom is -0.493 e. The molecule has 3 aromatic rings. The van der Waals surface area contributed by atoms with Crippen LogP contribution in [0.5, 0.6) is 11.5 Å². The van der Waals surface area contributed by atoms with Gasteiger partial charge < -0.3 is 14.8 Å². The Morgan fingerprint density at radius 3 is 2.42 bits per heavy atom. The van der Waals surface area contributed by atoms with E-state index in [4.69, 9.17) is 14.5 Å². The van der Waals surface area contributed by atoms with Gasteiger partial charge in [0, 0.05) is 34.9 Å². The highest BCUT2D eigenvalue weighted by Gasteiger charge is 2.39. The molecule has 3 heterocycles. The summed E-state index contributed by atoms with van der Waals surface area (Å²) in [7, 11) is 1.69. The van der Waals surface area contributed by atoms with Gasteiger partial charge in [-0.15, -0.1) is 24.8 Å². The Balaban J connectivity index is 0.00000180. The second-order valence-corrected chi connectivity index (χ2v) is 10.2. The molecule has 6 nitrogen and oxygen atoms in total. The van der Waals surface area contributed by atoms with Crippen LogP contribution in [0.15, 0.2) is 59.9 Å². The fourth-order valence-electron chi connectivity index (χ4n) is 4.85. The van der Waals surface area contributed by atoms with Crippen molar-refractivity contribution >= 4 is 42.1 Å². The normalized spacial score (nSPS) is 16.2. The minimum atomic E-state index is -0.308. The molecule has 1 aromatic heterocycles. The van der Waals surface area contributed by atoms with E-state index in [1.54, 1.807) is 25.6 Å². The monoisotopic (exact) mass is 527 g/mol. The van der Waals surface area contributed by atoms with Crippen molar-refractivity contribution in [1.82, 2.24) is 4.98 Å². The van der Waals surface area contributed by atoms with Crippen molar-refractivity contribution in [3.63, 3.8) is 0 Å². The van der Waals surface area contributed by atoms with E-state index < -0.39 is 0 Å². The van der Waals surface area contributed by atoms with Crippen molar-refractivity contribution in [3.05, 3.63) is 82.7 Å². The van der Waals surface area contributed by atoms with Crippen LogP contribution in [0.25, 0.3) is 0 Å². The average Bonchev–Trinajstić information content (AvgIpc) is 3.12. The first-order valence-corrected chi connectivity index (χ1v) is 11.5. The molecule has 2 aliphatic heterocycles. The van der Waals surface area contributed by atoms with Crippen LogP contribution in [0.3, 0.4) is 0 Å². The summed E-state index contributed by atoms with van der Waals surface area (Å²) in [6.07, 6.45) is 4.90. The maximum absolute atomic E-state index is 12.7. The number of carbonyl (C=O) groups is 1. The van der Waals surface area contributed by atoms with Crippen molar-refractivity contribution in [2.24, 2.45) is 4.99 Å². The third kappa shape index (κ3) is 5.20. The third-order valence-electron chi connectivity index (χ3n) is 6.24. The Labute approximate surface area is 224 Å². The lowest BCUT2D eigenvalue weighted by Crippen LogP contribution is -2.30. The van der Waals surface area contributed by atoms with Gasteiger partial charge in [-0.05, 0) is 70.0 Å². The summed E-state index contributed by atoms with van der Waals surface area (Å²) in [6.45, 7) is 8.48. The molecular weight excluding hydrogens is 497 g/mol. The number of ether oxygens (including phenoxy) is 2. The summed E-state index contributed by atoms with van der Waals surface area (Å²) in [6, 6.07) is 13.3. The van der Waals surface area contributed by atoms with Crippen LogP contribution in [-0.4, -0.2) is 34.9 Å². The number of carbonyl (C=O) groups excluding carboxylic acids is 1. The maximum Gasteiger partial charge on any atom is 0.255 e. The Hall–Kier alpha value is -3.09. The quantitative estimate of drug-likeness (QED) is 0.446. The molecule has 8 heteroatoms. The lowest BCUT2D eigenvalue weighted by Gasteiger charge is -2.31. The zero-order chi connectivity index (χ0) is 24.1. The number of aromatic nitrogens is 1. The zero-order valence-electron chi connectivity index (χ0n) is 21.0. The Bertz CT molecular complexity index is 1300. The molecule has 190 valence electrons. The number of hydrogen-bond acceptors (Lipinski definition) is 5. The van der Waals surface area contributed by atoms with Gasteiger partial charge in [0.25, 0.3) is 5.91 Å². The molecule has 0 saturated carbocycles. The predicted molar refractivity (Wildman–Crippen MR) is 148 cm³/mol. The molecule has 36 heavy (non-hydrogen) atoms. The first-order chi connectivity index (χ1) is 16.2. The minimum absolute atomic E-state index is 0. The van der Waals surface area contributed by atoms with Crippen LogP contribution in [0, 0.1) is 0 Å². The number of anilines is 1. The molecule has 0 spiro atoms. The zero-order valence-corrected chi connectivity index (χ0v) is 22.7. The smallest absolute Gasteiger partial charge is 0.255 e. The number of aliphatic imine (C=N–C) groups is 1. The average molecular weight is 528 g/mol. The molecule has 0 unspecified atom stereocenters. The number of fused-ring (bicyclic) bond motifs is 3. The van der Waals surface area contributed by atoms with Crippen molar-refractivity contribution in [2.45, 2.75) is 51.7 Å². The molecule has 0 bridgehead atoms. The van der Waals surface area contributed by atoms with E-state index in [2.05, 4.69) is 44.1 Å². The summed E-state index contributed by atoms with van der Waals surface area (Å²) < 4.78 is 12.0. The maximum atomic E-state index is 12.7. The summed E-state index contributed by atoms with van der Waals surface area (Å²) in [5, 5.41) is 2.88. The van der Waals surface area contributed by atoms with Crippen LogP contribution in [0.1, 0.15) is 60.3 Å². The molecule has 0 atom stereocenters. The van der Waals surface area contributed by atoms with E-state index in [-0.39, 0.29) is 41.9 Å². The van der Waals surface area contributed by atoms with Crippen molar-refractivity contribution in [2.75, 3.05) is 12.4 Å². The van der Waals surface area contributed by atoms with Gasteiger partial charge in [-0.1, -0.05) is 12.1 Å². The van der Waals surface area contributed by atoms with Crippen molar-refractivity contribution in [3.8, 4) is 11.5 Å². The number of methoxy groups -OCH3 is 1. The molecule has 5 rings (SSSR count). The van der Waals surface area contributed by atoms with Gasteiger partial charge in [0.1, 0.15) is 5.60 Å². The standard InChI is InChI=1S/C28H29N3O3.2ClH/c1-27(2)14-19-13-22(33-5)25-21(15-28(3,4)34-25)23(19)24(31-27)17-8-10-18(11-9-17)26(32)30-20-7-6-12-29-16-20;;/h6-13,16H,14-15H2,1-5H3,(H,30,32);2*1H. The van der Waals surface area contributed by atoms with E-state index in [1.807, 2.05) is 30.3 Å². The molecule has 1 amide bonds. The van der Waals surface area contributed by atoms with Gasteiger partial charge in [-0.3, -0.25) is 14.8 Å². The fourth-order valence-corrected chi connectivity index (χ4v) is 4.85. The van der Waals surface area contributed by atoms with Gasteiger partial charge in [0.15, 0.2) is 11.5 Å². The largest absolute Gasteiger partial charge is 0.493 e. The van der Waals surface area contributed by atoms with Gasteiger partial charge >= 0.3 is 0 Å². The first-order valence-electron chi connectivity index (χ1n) is 11.5. The van der Waals surface area contributed by atoms with Crippen LogP contribution in [0.2, 0.25) is 0 Å². The van der Waals surface area contributed by atoms with Gasteiger partial charge in [0.2, 0.25) is 0 Å². The van der Waals surface area contributed by atoms with Crippen molar-refractivity contribution in [1.29, 1.82) is 0 Å². The highest BCUT2D eigenvalue weighted by atomic mass is 35.5. The Morgan fingerprint density at radius 1 is 1.06 bits per heavy atom. The number of hydrogen-bond donors (Lipinski definition) is 1. The fraction of sp³-hybridized carbons (Fsp3) is 0.321. The molecule has 0 radical (unpaired) electrons. The SMILES string of the molecule is COc1cc2c(c3c1OC(C)(C)C3)C(c1ccc(C(=O)Nc3cccnc3)cc1)=NC(C)(C)C2.Cl.Cl. The summed E-state index contributed by atoms with van der Waals surface area (Å²) in [4.78, 5) is 21.9. The molecule has 1 N–H and O–H groups in total.